The van der Waals surface area contributed by atoms with Crippen molar-refractivity contribution < 1.29 is 0 Å². The summed E-state index contributed by atoms with van der Waals surface area (Å²) in [6.07, 6.45) is 7.91. The van der Waals surface area contributed by atoms with Gasteiger partial charge < -0.3 is 14.9 Å². The van der Waals surface area contributed by atoms with Crippen LogP contribution in [0.3, 0.4) is 0 Å². The Bertz CT molecular complexity index is 1970. The van der Waals surface area contributed by atoms with Gasteiger partial charge in [0.25, 0.3) is 5.56 Å². The maximum Gasteiger partial charge on any atom is 0.252 e. The largest absolute Gasteiger partial charge is 0.359 e. The van der Waals surface area contributed by atoms with Crippen molar-refractivity contribution in [2.75, 3.05) is 5.32 Å². The molecular formula is C31H25ClN8O. The average molecular weight is 561 g/mol. The van der Waals surface area contributed by atoms with Crippen LogP contribution in [0.4, 0.5) is 5.69 Å². The van der Waals surface area contributed by atoms with Gasteiger partial charge >= 0.3 is 0 Å². The first-order chi connectivity index (χ1) is 20.0. The lowest BCUT2D eigenvalue weighted by Crippen LogP contribution is -2.26. The lowest BCUT2D eigenvalue weighted by atomic mass is 9.87. The molecule has 202 valence electrons. The number of nitrogens with zero attached hydrogens (tertiary/aromatic N) is 6. The van der Waals surface area contributed by atoms with E-state index in [0.29, 0.717) is 16.9 Å². The fourth-order valence-corrected chi connectivity index (χ4v) is 7.20. The second-order valence-electron chi connectivity index (χ2n) is 11.9. The lowest BCUT2D eigenvalue weighted by Gasteiger charge is -2.28. The SMILES string of the molecule is C=C1Nc2ccc(-c3cnc(C4C5CC5c5cc(-c6cc(Cl)ccc6-n6cnnn6)cc(=O)n54)[nH]3)cc2CC12CC2. The number of benzene rings is 2. The standard InChI is InChI=1S/C31H25ClN8O/c1-16-31(6-7-31)13-19-8-17(2-4-24(19)35-16)25-14-33-30(36-25)29-23-12-22(23)27-9-18(10-28(41)40(27)29)21-11-20(32)3-5-26(21)39-15-34-37-38-39/h2-5,8-11,14-15,22-23,29,35H,1,6-7,12-13H2,(H,33,36). The molecular weight excluding hydrogens is 536 g/mol. The number of pyridine rings is 1. The van der Waals surface area contributed by atoms with Crippen molar-refractivity contribution >= 4 is 17.3 Å². The molecule has 9 nitrogen and oxygen atoms in total. The monoisotopic (exact) mass is 560 g/mol. The zero-order valence-electron chi connectivity index (χ0n) is 22.0. The Balaban J connectivity index is 1.08. The first-order valence-electron chi connectivity index (χ1n) is 13.9. The molecule has 0 amide bonds. The molecule has 2 fully saturated rings. The van der Waals surface area contributed by atoms with Gasteiger partial charge in [0.05, 0.1) is 23.6 Å². The van der Waals surface area contributed by atoms with E-state index in [1.165, 1.54) is 24.7 Å². The van der Waals surface area contributed by atoms with E-state index in [9.17, 15) is 4.79 Å². The van der Waals surface area contributed by atoms with Crippen LogP contribution in [0.1, 0.15) is 48.3 Å². The minimum Gasteiger partial charge on any atom is -0.359 e. The van der Waals surface area contributed by atoms with E-state index in [2.05, 4.69) is 56.7 Å². The molecule has 3 atom stereocenters. The molecule has 2 saturated carbocycles. The van der Waals surface area contributed by atoms with Crippen LogP contribution in [0, 0.1) is 11.3 Å². The molecule has 0 bridgehead atoms. The van der Waals surface area contributed by atoms with Gasteiger partial charge in [-0.3, -0.25) is 4.79 Å². The maximum absolute atomic E-state index is 13.7. The number of aromatic amines is 1. The topological polar surface area (TPSA) is 106 Å². The molecule has 2 aromatic carbocycles. The van der Waals surface area contributed by atoms with Gasteiger partial charge in [-0.25, -0.2) is 4.98 Å². The third-order valence-corrected chi connectivity index (χ3v) is 9.70. The van der Waals surface area contributed by atoms with Crippen LogP contribution in [-0.2, 0) is 6.42 Å². The van der Waals surface area contributed by atoms with Crippen molar-refractivity contribution in [2.24, 2.45) is 11.3 Å². The van der Waals surface area contributed by atoms with E-state index in [-0.39, 0.29) is 17.0 Å². The number of imidazole rings is 1. The maximum atomic E-state index is 13.7. The Morgan fingerprint density at radius 2 is 1.98 bits per heavy atom. The highest BCUT2D eigenvalue weighted by Gasteiger charge is 2.54. The summed E-state index contributed by atoms with van der Waals surface area (Å²) in [5.41, 5.74) is 9.29. The molecule has 2 aliphatic heterocycles. The summed E-state index contributed by atoms with van der Waals surface area (Å²) in [6.45, 7) is 4.27. The minimum absolute atomic E-state index is 0.0508. The van der Waals surface area contributed by atoms with Crippen molar-refractivity contribution in [1.29, 1.82) is 0 Å². The van der Waals surface area contributed by atoms with Crippen molar-refractivity contribution in [2.45, 2.75) is 37.6 Å². The minimum atomic E-state index is -0.110. The van der Waals surface area contributed by atoms with Gasteiger partial charge in [-0.15, -0.1) is 5.10 Å². The molecule has 0 saturated heterocycles. The first-order valence-corrected chi connectivity index (χ1v) is 14.3. The Kier molecular flexibility index (Phi) is 4.55. The molecule has 41 heavy (non-hydrogen) atoms. The predicted molar refractivity (Wildman–Crippen MR) is 155 cm³/mol. The third-order valence-electron chi connectivity index (χ3n) is 9.47. The highest BCUT2D eigenvalue weighted by Crippen LogP contribution is 2.61. The Hall–Kier alpha value is -4.50. The number of hydrogen-bond acceptors (Lipinski definition) is 6. The second-order valence-corrected chi connectivity index (χ2v) is 12.3. The van der Waals surface area contributed by atoms with E-state index in [4.69, 9.17) is 16.6 Å². The van der Waals surface area contributed by atoms with Gasteiger partial charge in [0.2, 0.25) is 0 Å². The molecule has 2 aliphatic carbocycles. The highest BCUT2D eigenvalue weighted by atomic mass is 35.5. The second kappa shape index (κ2) is 8.04. The number of nitrogens with one attached hydrogen (secondary N) is 2. The van der Waals surface area contributed by atoms with Crippen LogP contribution in [0.15, 0.2) is 78.1 Å². The third kappa shape index (κ3) is 3.45. The molecule has 4 aliphatic rings. The van der Waals surface area contributed by atoms with Crippen LogP contribution in [0.5, 0.6) is 0 Å². The fourth-order valence-electron chi connectivity index (χ4n) is 7.03. The lowest BCUT2D eigenvalue weighted by molar-refractivity contribution is 0.515. The number of fused-ring (bicyclic) bond motifs is 4. The molecule has 2 N–H and O–H groups in total. The van der Waals surface area contributed by atoms with Crippen molar-refractivity contribution in [3.8, 4) is 28.1 Å². The van der Waals surface area contributed by atoms with Crippen LogP contribution >= 0.6 is 11.6 Å². The van der Waals surface area contributed by atoms with Crippen LogP contribution in [-0.4, -0.2) is 34.7 Å². The molecule has 3 unspecified atom stereocenters. The van der Waals surface area contributed by atoms with E-state index in [1.54, 1.807) is 16.8 Å². The Labute approximate surface area is 239 Å². The van der Waals surface area contributed by atoms with Gasteiger partial charge in [-0.2, -0.15) is 4.68 Å². The van der Waals surface area contributed by atoms with Crippen molar-refractivity contribution in [1.82, 2.24) is 34.7 Å². The van der Waals surface area contributed by atoms with Gasteiger partial charge in [0.15, 0.2) is 0 Å². The molecule has 5 aromatic rings. The zero-order valence-corrected chi connectivity index (χ0v) is 22.8. The molecule has 0 radical (unpaired) electrons. The summed E-state index contributed by atoms with van der Waals surface area (Å²) in [4.78, 5) is 22.1. The summed E-state index contributed by atoms with van der Waals surface area (Å²) < 4.78 is 3.51. The summed E-state index contributed by atoms with van der Waals surface area (Å²) in [5.74, 6) is 1.51. The number of allylic oxidation sites excluding steroid dienone is 1. The molecule has 9 rings (SSSR count). The average Bonchev–Trinajstić information content (AvgIpc) is 3.71. The van der Waals surface area contributed by atoms with E-state index in [0.717, 1.165) is 63.8 Å². The summed E-state index contributed by atoms with van der Waals surface area (Å²) >= 11 is 6.38. The first kappa shape index (κ1) is 23.2. The molecule has 3 aromatic heterocycles. The molecule has 5 heterocycles. The normalized spacial score (nSPS) is 22.7. The zero-order chi connectivity index (χ0) is 27.5. The number of H-pyrrole nitrogens is 1. The summed E-state index contributed by atoms with van der Waals surface area (Å²) in [7, 11) is 0. The highest BCUT2D eigenvalue weighted by molar-refractivity contribution is 6.31. The predicted octanol–water partition coefficient (Wildman–Crippen LogP) is 5.50. The smallest absolute Gasteiger partial charge is 0.252 e. The number of hydrogen-bond donors (Lipinski definition) is 2. The van der Waals surface area contributed by atoms with Gasteiger partial charge in [0, 0.05) is 45.1 Å². The van der Waals surface area contributed by atoms with Crippen LogP contribution in [0.25, 0.3) is 28.1 Å². The molecule has 1 spiro atoms. The van der Waals surface area contributed by atoms with E-state index < -0.39 is 0 Å². The number of aromatic nitrogens is 7. The van der Waals surface area contributed by atoms with E-state index in [1.807, 2.05) is 22.9 Å². The van der Waals surface area contributed by atoms with Crippen molar-refractivity contribution in [3.63, 3.8) is 0 Å². The van der Waals surface area contributed by atoms with Crippen LogP contribution < -0.4 is 10.9 Å². The van der Waals surface area contributed by atoms with Gasteiger partial charge in [0.1, 0.15) is 12.2 Å². The number of anilines is 1. The van der Waals surface area contributed by atoms with Crippen LogP contribution in [0.2, 0.25) is 5.02 Å². The quantitative estimate of drug-likeness (QED) is 0.300. The molecule has 10 heteroatoms. The Morgan fingerprint density at radius 3 is 2.80 bits per heavy atom. The van der Waals surface area contributed by atoms with Gasteiger partial charge in [-0.05, 0) is 95.1 Å². The van der Waals surface area contributed by atoms with Gasteiger partial charge in [-0.1, -0.05) is 24.2 Å². The number of tetrazole rings is 1. The fraction of sp³-hybridized carbons (Fsp3) is 0.258. The van der Waals surface area contributed by atoms with E-state index >= 15 is 0 Å². The number of halogens is 1. The summed E-state index contributed by atoms with van der Waals surface area (Å²) in [6, 6.07) is 15.7. The number of rotatable bonds is 4. The Morgan fingerprint density at radius 1 is 1.07 bits per heavy atom. The van der Waals surface area contributed by atoms with Crippen molar-refractivity contribution in [3.05, 3.63) is 106 Å². The summed E-state index contributed by atoms with van der Waals surface area (Å²) in [5, 5.41) is 15.7.